The van der Waals surface area contributed by atoms with Gasteiger partial charge in [0.25, 0.3) is 0 Å². The van der Waals surface area contributed by atoms with Gasteiger partial charge < -0.3 is 10.4 Å². The van der Waals surface area contributed by atoms with Crippen LogP contribution in [0.25, 0.3) is 0 Å². The predicted molar refractivity (Wildman–Crippen MR) is 63.1 cm³/mol. The van der Waals surface area contributed by atoms with Crippen LogP contribution < -0.4 is 5.32 Å². The Labute approximate surface area is 96.7 Å². The van der Waals surface area contributed by atoms with Crippen LogP contribution in [-0.4, -0.2) is 23.0 Å². The number of amides is 1. The average Bonchev–Trinajstić information content (AvgIpc) is 2.21. The first-order valence-electron chi connectivity index (χ1n) is 5.77. The zero-order valence-corrected chi connectivity index (χ0v) is 10.0. The minimum Gasteiger partial charge on any atom is -0.478 e. The highest BCUT2D eigenvalue weighted by Crippen LogP contribution is 2.05. The van der Waals surface area contributed by atoms with Crippen molar-refractivity contribution in [2.75, 3.05) is 0 Å². The maximum atomic E-state index is 11.2. The van der Waals surface area contributed by atoms with Crippen molar-refractivity contribution >= 4 is 11.9 Å². The van der Waals surface area contributed by atoms with E-state index in [9.17, 15) is 9.59 Å². The number of rotatable bonds is 8. The highest BCUT2D eigenvalue weighted by Gasteiger charge is 2.04. The quantitative estimate of drug-likeness (QED) is 0.493. The first-order valence-corrected chi connectivity index (χ1v) is 5.77. The summed E-state index contributed by atoms with van der Waals surface area (Å²) in [5.41, 5.74) is 0. The second-order valence-electron chi connectivity index (χ2n) is 3.93. The molecule has 0 saturated heterocycles. The van der Waals surface area contributed by atoms with Crippen LogP contribution in [0.4, 0.5) is 0 Å². The summed E-state index contributed by atoms with van der Waals surface area (Å²) in [4.78, 5) is 21.4. The number of carboxylic acids is 1. The van der Waals surface area contributed by atoms with Gasteiger partial charge >= 0.3 is 5.97 Å². The Bertz CT molecular complexity index is 249. The molecule has 92 valence electrons. The van der Waals surface area contributed by atoms with E-state index in [2.05, 4.69) is 12.2 Å². The predicted octanol–water partition coefficient (Wildman–Crippen LogP) is 2.10. The Morgan fingerprint density at radius 1 is 1.25 bits per heavy atom. The largest absolute Gasteiger partial charge is 0.478 e. The third kappa shape index (κ3) is 9.24. The number of nitrogens with one attached hydrogen (secondary N) is 1. The van der Waals surface area contributed by atoms with Gasteiger partial charge in [0.1, 0.15) is 0 Å². The first kappa shape index (κ1) is 14.7. The standard InChI is InChI=1S/C12H21NO3/c1-3-4-5-6-7-10(2)13-11(14)8-9-12(15)16/h8-10H,3-7H2,1-2H3,(H,13,14)(H,15,16)/b9-8-. The summed E-state index contributed by atoms with van der Waals surface area (Å²) < 4.78 is 0. The topological polar surface area (TPSA) is 66.4 Å². The third-order valence-electron chi connectivity index (χ3n) is 2.26. The second kappa shape index (κ2) is 8.95. The lowest BCUT2D eigenvalue weighted by Crippen LogP contribution is -2.31. The molecule has 4 heteroatoms. The Morgan fingerprint density at radius 2 is 1.94 bits per heavy atom. The maximum absolute atomic E-state index is 11.2. The first-order chi connectivity index (χ1) is 7.56. The molecule has 0 aromatic rings. The van der Waals surface area contributed by atoms with E-state index in [0.29, 0.717) is 0 Å². The SMILES string of the molecule is CCCCCCC(C)NC(=O)/C=C\C(=O)O. The van der Waals surface area contributed by atoms with E-state index in [0.717, 1.165) is 25.0 Å². The number of carboxylic acid groups (broad SMARTS) is 1. The van der Waals surface area contributed by atoms with Gasteiger partial charge in [-0.05, 0) is 13.3 Å². The fourth-order valence-corrected chi connectivity index (χ4v) is 1.39. The molecule has 0 aliphatic heterocycles. The van der Waals surface area contributed by atoms with Crippen molar-refractivity contribution in [2.45, 2.75) is 52.0 Å². The summed E-state index contributed by atoms with van der Waals surface area (Å²) in [6, 6.07) is 0.0998. The van der Waals surface area contributed by atoms with E-state index in [1.807, 2.05) is 6.92 Å². The lowest BCUT2D eigenvalue weighted by atomic mass is 10.1. The van der Waals surface area contributed by atoms with Crippen molar-refractivity contribution in [1.29, 1.82) is 0 Å². The molecule has 0 fully saturated rings. The molecule has 1 unspecified atom stereocenters. The van der Waals surface area contributed by atoms with Gasteiger partial charge in [0.05, 0.1) is 0 Å². The lowest BCUT2D eigenvalue weighted by Gasteiger charge is -2.11. The molecule has 1 atom stereocenters. The van der Waals surface area contributed by atoms with E-state index >= 15 is 0 Å². The Balaban J connectivity index is 3.65. The second-order valence-corrected chi connectivity index (χ2v) is 3.93. The van der Waals surface area contributed by atoms with Gasteiger partial charge in [0, 0.05) is 18.2 Å². The molecule has 0 aliphatic carbocycles. The number of unbranched alkanes of at least 4 members (excludes halogenated alkanes) is 3. The molecule has 0 aromatic heterocycles. The normalized spacial score (nSPS) is 12.6. The molecular formula is C12H21NO3. The zero-order chi connectivity index (χ0) is 12.4. The van der Waals surface area contributed by atoms with Crippen molar-refractivity contribution in [3.63, 3.8) is 0 Å². The maximum Gasteiger partial charge on any atom is 0.328 e. The molecule has 0 aromatic carbocycles. The van der Waals surface area contributed by atoms with Crippen LogP contribution in [0.3, 0.4) is 0 Å². The van der Waals surface area contributed by atoms with Crippen LogP contribution in [0.15, 0.2) is 12.2 Å². The summed E-state index contributed by atoms with van der Waals surface area (Å²) in [7, 11) is 0. The van der Waals surface area contributed by atoms with E-state index < -0.39 is 5.97 Å². The number of carbonyl (C=O) groups excluding carboxylic acids is 1. The van der Waals surface area contributed by atoms with Gasteiger partial charge in [-0.3, -0.25) is 4.79 Å². The van der Waals surface area contributed by atoms with Crippen molar-refractivity contribution in [3.8, 4) is 0 Å². The smallest absolute Gasteiger partial charge is 0.328 e. The van der Waals surface area contributed by atoms with Crippen molar-refractivity contribution in [1.82, 2.24) is 5.32 Å². The monoisotopic (exact) mass is 227 g/mol. The van der Waals surface area contributed by atoms with Gasteiger partial charge in [-0.25, -0.2) is 4.79 Å². The Kier molecular flexibility index (Phi) is 8.21. The van der Waals surface area contributed by atoms with Gasteiger partial charge in [0.15, 0.2) is 0 Å². The highest BCUT2D eigenvalue weighted by atomic mass is 16.4. The summed E-state index contributed by atoms with van der Waals surface area (Å²) in [5.74, 6) is -1.45. The van der Waals surface area contributed by atoms with Gasteiger partial charge in [-0.2, -0.15) is 0 Å². The fourth-order valence-electron chi connectivity index (χ4n) is 1.39. The zero-order valence-electron chi connectivity index (χ0n) is 10.0. The van der Waals surface area contributed by atoms with Crippen molar-refractivity contribution < 1.29 is 14.7 Å². The molecule has 16 heavy (non-hydrogen) atoms. The molecule has 0 radical (unpaired) electrons. The molecule has 0 saturated carbocycles. The van der Waals surface area contributed by atoms with Gasteiger partial charge in [0.2, 0.25) is 5.91 Å². The van der Waals surface area contributed by atoms with Gasteiger partial charge in [-0.15, -0.1) is 0 Å². The number of hydrogen-bond acceptors (Lipinski definition) is 2. The van der Waals surface area contributed by atoms with E-state index in [1.165, 1.54) is 19.3 Å². The van der Waals surface area contributed by atoms with Crippen molar-refractivity contribution in [3.05, 3.63) is 12.2 Å². The summed E-state index contributed by atoms with van der Waals surface area (Å²) in [6.07, 6.45) is 7.53. The van der Waals surface area contributed by atoms with Crippen LogP contribution in [0.5, 0.6) is 0 Å². The summed E-state index contributed by atoms with van der Waals surface area (Å²) in [6.45, 7) is 4.08. The van der Waals surface area contributed by atoms with Crippen LogP contribution in [0.1, 0.15) is 46.0 Å². The number of carbonyl (C=O) groups is 2. The highest BCUT2D eigenvalue weighted by molar-refractivity contribution is 5.93. The molecule has 0 bridgehead atoms. The Morgan fingerprint density at radius 3 is 2.50 bits per heavy atom. The van der Waals surface area contributed by atoms with E-state index in [1.54, 1.807) is 0 Å². The molecule has 2 N–H and O–H groups in total. The lowest BCUT2D eigenvalue weighted by molar-refractivity contribution is -0.131. The van der Waals surface area contributed by atoms with Gasteiger partial charge in [-0.1, -0.05) is 32.6 Å². The average molecular weight is 227 g/mol. The number of hydrogen-bond donors (Lipinski definition) is 2. The Hall–Kier alpha value is -1.32. The molecule has 0 rings (SSSR count). The van der Waals surface area contributed by atoms with E-state index in [-0.39, 0.29) is 11.9 Å². The van der Waals surface area contributed by atoms with Crippen LogP contribution >= 0.6 is 0 Å². The van der Waals surface area contributed by atoms with Crippen LogP contribution in [0, 0.1) is 0 Å². The molecular weight excluding hydrogens is 206 g/mol. The summed E-state index contributed by atoms with van der Waals surface area (Å²) in [5, 5.41) is 11.1. The van der Waals surface area contributed by atoms with Crippen LogP contribution in [0.2, 0.25) is 0 Å². The minimum atomic E-state index is -1.11. The van der Waals surface area contributed by atoms with Crippen molar-refractivity contribution in [2.24, 2.45) is 0 Å². The third-order valence-corrected chi connectivity index (χ3v) is 2.26. The minimum absolute atomic E-state index is 0.0998. The fraction of sp³-hybridized carbons (Fsp3) is 0.667. The molecule has 0 spiro atoms. The molecule has 0 heterocycles. The van der Waals surface area contributed by atoms with E-state index in [4.69, 9.17) is 5.11 Å². The van der Waals surface area contributed by atoms with Crippen LogP contribution in [-0.2, 0) is 9.59 Å². The molecule has 1 amide bonds. The molecule has 4 nitrogen and oxygen atoms in total. The molecule has 0 aliphatic rings. The number of aliphatic carboxylic acids is 1. The summed E-state index contributed by atoms with van der Waals surface area (Å²) >= 11 is 0.